The van der Waals surface area contributed by atoms with Crippen molar-refractivity contribution in [2.45, 2.75) is 50.9 Å². The Hall–Kier alpha value is -2.67. The Morgan fingerprint density at radius 1 is 1.09 bits per heavy atom. The number of aliphatic hydroxyl groups is 1. The molecule has 176 valence electrons. The van der Waals surface area contributed by atoms with Crippen LogP contribution < -0.4 is 10.1 Å². The van der Waals surface area contributed by atoms with Gasteiger partial charge in [-0.25, -0.2) is 0 Å². The van der Waals surface area contributed by atoms with Crippen molar-refractivity contribution >= 4 is 17.7 Å². The predicted octanol–water partition coefficient (Wildman–Crippen LogP) is 4.51. The first-order chi connectivity index (χ1) is 15.6. The predicted molar refractivity (Wildman–Crippen MR) is 128 cm³/mol. The number of carbonyl (C=O) groups is 1. The summed E-state index contributed by atoms with van der Waals surface area (Å²) in [6, 6.07) is 12.7. The van der Waals surface area contributed by atoms with E-state index in [9.17, 15) is 9.90 Å². The number of anilines is 1. The van der Waals surface area contributed by atoms with E-state index in [1.54, 1.807) is 31.4 Å². The molecule has 0 bridgehead atoms. The summed E-state index contributed by atoms with van der Waals surface area (Å²) in [6.07, 6.45) is 5.05. The van der Waals surface area contributed by atoms with Crippen LogP contribution in [0.2, 0.25) is 0 Å². The number of amides is 1. The maximum Gasteiger partial charge on any atom is 0.257 e. The van der Waals surface area contributed by atoms with Crippen LogP contribution in [0.3, 0.4) is 0 Å². The van der Waals surface area contributed by atoms with Crippen LogP contribution in [-0.2, 0) is 19.9 Å². The van der Waals surface area contributed by atoms with Crippen LogP contribution in [0.15, 0.2) is 48.5 Å². The topological polar surface area (TPSA) is 77.0 Å². The fourth-order valence-corrected chi connectivity index (χ4v) is 4.54. The van der Waals surface area contributed by atoms with Gasteiger partial charge in [-0.15, -0.1) is 0 Å². The van der Waals surface area contributed by atoms with Crippen LogP contribution in [0, 0.1) is 5.41 Å². The third-order valence-electron chi connectivity index (χ3n) is 6.81. The van der Waals surface area contributed by atoms with Crippen LogP contribution in [0.1, 0.15) is 50.3 Å². The maximum atomic E-state index is 12.8. The Bertz CT molecular complexity index is 1050. The van der Waals surface area contributed by atoms with Crippen LogP contribution in [-0.4, -0.2) is 43.5 Å². The first-order valence-electron chi connectivity index (χ1n) is 11.3. The van der Waals surface area contributed by atoms with Gasteiger partial charge in [-0.2, -0.15) is 0 Å². The second kappa shape index (κ2) is 8.60. The van der Waals surface area contributed by atoms with E-state index in [4.69, 9.17) is 14.2 Å². The largest absolute Gasteiger partial charge is 0.497 e. The van der Waals surface area contributed by atoms with Crippen molar-refractivity contribution in [2.75, 3.05) is 26.1 Å². The number of rotatable bonds is 5. The molecule has 0 aliphatic carbocycles. The Morgan fingerprint density at radius 3 is 2.42 bits per heavy atom. The minimum Gasteiger partial charge on any atom is -0.497 e. The second-order valence-corrected chi connectivity index (χ2v) is 10.0. The summed E-state index contributed by atoms with van der Waals surface area (Å²) in [5.41, 5.74) is 0.807. The van der Waals surface area contributed by atoms with E-state index >= 15 is 0 Å². The molecule has 6 nitrogen and oxygen atoms in total. The fraction of sp³-hybridized carbons (Fsp3) is 0.444. The minimum absolute atomic E-state index is 0.196. The molecule has 4 rings (SSSR count). The number of fused-ring (bicyclic) bond motifs is 1. The van der Waals surface area contributed by atoms with E-state index in [2.05, 4.69) is 32.2 Å². The summed E-state index contributed by atoms with van der Waals surface area (Å²) in [4.78, 5) is 12.8. The molecule has 1 fully saturated rings. The number of methoxy groups -OCH3 is 2. The van der Waals surface area contributed by atoms with Gasteiger partial charge in [0.05, 0.1) is 19.3 Å². The van der Waals surface area contributed by atoms with Gasteiger partial charge in [0.2, 0.25) is 0 Å². The molecule has 0 aromatic heterocycles. The molecule has 2 aliphatic rings. The fourth-order valence-electron chi connectivity index (χ4n) is 4.54. The Balaban J connectivity index is 1.72. The van der Waals surface area contributed by atoms with E-state index < -0.39 is 17.6 Å². The van der Waals surface area contributed by atoms with Gasteiger partial charge in [-0.05, 0) is 60.6 Å². The molecule has 2 heterocycles. The first kappa shape index (κ1) is 23.5. The van der Waals surface area contributed by atoms with E-state index in [0.717, 1.165) is 25.0 Å². The molecule has 0 spiro atoms. The standard InChI is InChI=1S/C27H33NO5/c1-25(2)14-15-26(3,33-17-25)13-12-18-6-11-22-21(16-18)27(30,23(32-5)24(29)28-22)19-7-9-20(31-4)10-8-19/h6-13,16,23,30H,14-15,17H2,1-5H3,(H,28,29)/b13-12+. The molecular formula is C27H33NO5. The van der Waals surface area contributed by atoms with Crippen molar-refractivity contribution in [3.63, 3.8) is 0 Å². The maximum absolute atomic E-state index is 12.8. The van der Waals surface area contributed by atoms with Crippen molar-refractivity contribution in [2.24, 2.45) is 5.41 Å². The normalized spacial score (nSPS) is 28.9. The molecule has 2 N–H and O–H groups in total. The Labute approximate surface area is 195 Å². The average molecular weight is 452 g/mol. The zero-order valence-corrected chi connectivity index (χ0v) is 20.0. The summed E-state index contributed by atoms with van der Waals surface area (Å²) in [6.45, 7) is 7.27. The van der Waals surface area contributed by atoms with Gasteiger partial charge in [-0.1, -0.05) is 44.2 Å². The lowest BCUT2D eigenvalue weighted by Crippen LogP contribution is -2.52. The number of carbonyl (C=O) groups excluding carboxylic acids is 1. The third kappa shape index (κ3) is 4.43. The molecule has 0 radical (unpaired) electrons. The zero-order chi connectivity index (χ0) is 23.9. The molecule has 33 heavy (non-hydrogen) atoms. The van der Waals surface area contributed by atoms with Crippen molar-refractivity contribution < 1.29 is 24.1 Å². The minimum atomic E-state index is -1.65. The van der Waals surface area contributed by atoms with Gasteiger partial charge >= 0.3 is 0 Å². The highest BCUT2D eigenvalue weighted by molar-refractivity contribution is 5.99. The number of hydrogen-bond acceptors (Lipinski definition) is 5. The van der Waals surface area contributed by atoms with E-state index in [1.165, 1.54) is 7.11 Å². The van der Waals surface area contributed by atoms with Crippen molar-refractivity contribution in [1.82, 2.24) is 0 Å². The highest BCUT2D eigenvalue weighted by atomic mass is 16.5. The van der Waals surface area contributed by atoms with Crippen LogP contribution in [0.25, 0.3) is 6.08 Å². The number of benzene rings is 2. The van der Waals surface area contributed by atoms with Crippen molar-refractivity contribution in [3.8, 4) is 5.75 Å². The molecule has 1 saturated heterocycles. The molecule has 3 atom stereocenters. The SMILES string of the molecule is COc1ccc(C2(O)c3cc(/C=C/C4(C)CCC(C)(C)CO4)ccc3NC(=O)C2OC)cc1. The molecule has 2 aromatic carbocycles. The zero-order valence-electron chi connectivity index (χ0n) is 20.0. The first-order valence-corrected chi connectivity index (χ1v) is 11.3. The Morgan fingerprint density at radius 2 is 1.82 bits per heavy atom. The summed E-state index contributed by atoms with van der Waals surface area (Å²) >= 11 is 0. The summed E-state index contributed by atoms with van der Waals surface area (Å²) in [7, 11) is 3.01. The highest BCUT2D eigenvalue weighted by Crippen LogP contribution is 2.43. The summed E-state index contributed by atoms with van der Waals surface area (Å²) < 4.78 is 16.9. The summed E-state index contributed by atoms with van der Waals surface area (Å²) in [5, 5.41) is 14.8. The number of hydrogen-bond donors (Lipinski definition) is 2. The molecule has 2 aromatic rings. The quantitative estimate of drug-likeness (QED) is 0.700. The van der Waals surface area contributed by atoms with Gasteiger partial charge < -0.3 is 24.6 Å². The molecule has 6 heteroatoms. The van der Waals surface area contributed by atoms with E-state index in [-0.39, 0.29) is 11.0 Å². The van der Waals surface area contributed by atoms with Gasteiger partial charge in [0.25, 0.3) is 5.91 Å². The van der Waals surface area contributed by atoms with E-state index in [1.807, 2.05) is 24.3 Å². The highest BCUT2D eigenvalue weighted by Gasteiger charge is 2.49. The van der Waals surface area contributed by atoms with E-state index in [0.29, 0.717) is 22.6 Å². The molecule has 0 saturated carbocycles. The van der Waals surface area contributed by atoms with Crippen LogP contribution in [0.5, 0.6) is 5.75 Å². The van der Waals surface area contributed by atoms with Gasteiger partial charge in [0, 0.05) is 18.4 Å². The van der Waals surface area contributed by atoms with Gasteiger partial charge in [0.1, 0.15) is 5.75 Å². The summed E-state index contributed by atoms with van der Waals surface area (Å²) in [5.74, 6) is 0.273. The molecule has 2 aliphatic heterocycles. The monoisotopic (exact) mass is 451 g/mol. The second-order valence-electron chi connectivity index (χ2n) is 10.0. The third-order valence-corrected chi connectivity index (χ3v) is 6.81. The van der Waals surface area contributed by atoms with Gasteiger partial charge in [0.15, 0.2) is 11.7 Å². The smallest absolute Gasteiger partial charge is 0.257 e. The molecule has 3 unspecified atom stereocenters. The van der Waals surface area contributed by atoms with Crippen LogP contribution >= 0.6 is 0 Å². The number of ether oxygens (including phenoxy) is 3. The molecular weight excluding hydrogens is 418 g/mol. The lowest BCUT2D eigenvalue weighted by atomic mass is 9.77. The van der Waals surface area contributed by atoms with Gasteiger partial charge in [-0.3, -0.25) is 4.79 Å². The number of nitrogens with one attached hydrogen (secondary N) is 1. The lowest BCUT2D eigenvalue weighted by molar-refractivity contribution is -0.142. The average Bonchev–Trinajstić information content (AvgIpc) is 2.80. The lowest BCUT2D eigenvalue weighted by Gasteiger charge is -2.40. The molecule has 1 amide bonds. The Kier molecular flexibility index (Phi) is 6.12. The van der Waals surface area contributed by atoms with Crippen LogP contribution in [0.4, 0.5) is 5.69 Å². The van der Waals surface area contributed by atoms with Crippen molar-refractivity contribution in [3.05, 3.63) is 65.2 Å². The van der Waals surface area contributed by atoms with Crippen molar-refractivity contribution in [1.29, 1.82) is 0 Å².